The first-order chi connectivity index (χ1) is 8.66. The quantitative estimate of drug-likeness (QED) is 0.860. The summed E-state index contributed by atoms with van der Waals surface area (Å²) in [5.74, 6) is -1.11. The Kier molecular flexibility index (Phi) is 3.94. The highest BCUT2D eigenvalue weighted by atomic mass is 32.2. The van der Waals surface area contributed by atoms with E-state index in [0.717, 1.165) is 11.1 Å². The molecule has 92 valence electrons. The molecule has 0 unspecified atom stereocenters. The number of carboxylic acids is 1. The van der Waals surface area contributed by atoms with Gasteiger partial charge in [0.05, 0.1) is 10.6 Å². The first-order valence-corrected chi connectivity index (χ1v) is 6.21. The molecule has 0 fully saturated rings. The molecule has 0 aliphatic rings. The molecule has 0 aliphatic heterocycles. The Hall–Kier alpha value is -1.88. The van der Waals surface area contributed by atoms with E-state index in [9.17, 15) is 9.18 Å². The summed E-state index contributed by atoms with van der Waals surface area (Å²) in [6.45, 7) is 0. The van der Waals surface area contributed by atoms with E-state index < -0.39 is 11.8 Å². The SMILES string of the molecule is O=C(O)c1ccc(F)cc1CSc1ccccn1. The standard InChI is InChI=1S/C13H10FNO2S/c14-10-4-5-11(13(16)17)9(7-10)8-18-12-3-1-2-6-15-12/h1-7H,8H2,(H,16,17). The number of hydrogen-bond acceptors (Lipinski definition) is 3. The number of benzene rings is 1. The Morgan fingerprint density at radius 3 is 2.83 bits per heavy atom. The van der Waals surface area contributed by atoms with Gasteiger partial charge in [-0.25, -0.2) is 14.2 Å². The number of aromatic nitrogens is 1. The smallest absolute Gasteiger partial charge is 0.335 e. The van der Waals surface area contributed by atoms with Crippen molar-refractivity contribution in [1.29, 1.82) is 0 Å². The molecule has 0 spiro atoms. The lowest BCUT2D eigenvalue weighted by Gasteiger charge is -2.05. The second-order valence-electron chi connectivity index (χ2n) is 3.56. The zero-order valence-electron chi connectivity index (χ0n) is 9.34. The largest absolute Gasteiger partial charge is 0.478 e. The summed E-state index contributed by atoms with van der Waals surface area (Å²) < 4.78 is 13.1. The fourth-order valence-corrected chi connectivity index (χ4v) is 2.33. The highest BCUT2D eigenvalue weighted by molar-refractivity contribution is 7.98. The van der Waals surface area contributed by atoms with Crippen LogP contribution in [0.2, 0.25) is 0 Å². The van der Waals surface area contributed by atoms with Crippen LogP contribution in [0.4, 0.5) is 4.39 Å². The van der Waals surface area contributed by atoms with Crippen LogP contribution in [-0.4, -0.2) is 16.1 Å². The maximum absolute atomic E-state index is 13.1. The molecule has 1 aromatic carbocycles. The van der Waals surface area contributed by atoms with Gasteiger partial charge in [-0.15, -0.1) is 11.8 Å². The van der Waals surface area contributed by atoms with Crippen molar-refractivity contribution in [2.45, 2.75) is 10.8 Å². The van der Waals surface area contributed by atoms with Gasteiger partial charge in [0.1, 0.15) is 5.82 Å². The monoisotopic (exact) mass is 263 g/mol. The zero-order valence-corrected chi connectivity index (χ0v) is 10.2. The zero-order chi connectivity index (χ0) is 13.0. The summed E-state index contributed by atoms with van der Waals surface area (Å²) in [7, 11) is 0. The number of carbonyl (C=O) groups is 1. The number of rotatable bonds is 4. The van der Waals surface area contributed by atoms with E-state index in [4.69, 9.17) is 5.11 Å². The van der Waals surface area contributed by atoms with Gasteiger partial charge in [-0.1, -0.05) is 6.07 Å². The van der Waals surface area contributed by atoms with Gasteiger partial charge in [0.25, 0.3) is 0 Å². The van der Waals surface area contributed by atoms with Crippen LogP contribution in [0.25, 0.3) is 0 Å². The molecule has 0 atom stereocenters. The summed E-state index contributed by atoms with van der Waals surface area (Å²) in [6.07, 6.45) is 1.66. The Bertz CT molecular complexity index is 560. The van der Waals surface area contributed by atoms with E-state index in [1.165, 1.54) is 23.9 Å². The average molecular weight is 263 g/mol. The predicted molar refractivity (Wildman–Crippen MR) is 67.2 cm³/mol. The third-order valence-corrected chi connectivity index (χ3v) is 3.30. The molecular weight excluding hydrogens is 253 g/mol. The lowest BCUT2D eigenvalue weighted by Crippen LogP contribution is -2.02. The minimum atomic E-state index is -1.05. The molecular formula is C13H10FNO2S. The highest BCUT2D eigenvalue weighted by Gasteiger charge is 2.11. The molecule has 0 radical (unpaired) electrons. The highest BCUT2D eigenvalue weighted by Crippen LogP contribution is 2.23. The van der Waals surface area contributed by atoms with E-state index >= 15 is 0 Å². The van der Waals surface area contributed by atoms with Crippen molar-refractivity contribution in [2.75, 3.05) is 0 Å². The Labute approximate surface area is 108 Å². The second kappa shape index (κ2) is 5.64. The number of carboxylic acid groups (broad SMARTS) is 1. The van der Waals surface area contributed by atoms with Crippen molar-refractivity contribution >= 4 is 17.7 Å². The molecule has 0 saturated carbocycles. The van der Waals surface area contributed by atoms with Gasteiger partial charge in [0.2, 0.25) is 0 Å². The predicted octanol–water partition coefficient (Wildman–Crippen LogP) is 3.21. The third-order valence-electron chi connectivity index (χ3n) is 2.31. The Balaban J connectivity index is 2.18. The van der Waals surface area contributed by atoms with Crippen molar-refractivity contribution < 1.29 is 14.3 Å². The number of hydrogen-bond donors (Lipinski definition) is 1. The van der Waals surface area contributed by atoms with E-state index in [0.29, 0.717) is 11.3 Å². The third kappa shape index (κ3) is 3.07. The number of nitrogens with zero attached hydrogens (tertiary/aromatic N) is 1. The second-order valence-corrected chi connectivity index (χ2v) is 4.56. The lowest BCUT2D eigenvalue weighted by molar-refractivity contribution is 0.0696. The minimum absolute atomic E-state index is 0.125. The fraction of sp³-hybridized carbons (Fsp3) is 0.0769. The number of pyridine rings is 1. The fourth-order valence-electron chi connectivity index (χ4n) is 1.47. The van der Waals surface area contributed by atoms with E-state index in [1.807, 2.05) is 12.1 Å². The van der Waals surface area contributed by atoms with Gasteiger partial charge in [-0.05, 0) is 35.9 Å². The topological polar surface area (TPSA) is 50.2 Å². The van der Waals surface area contributed by atoms with Crippen LogP contribution in [-0.2, 0) is 5.75 Å². The average Bonchev–Trinajstić information content (AvgIpc) is 2.37. The maximum atomic E-state index is 13.1. The van der Waals surface area contributed by atoms with Gasteiger partial charge < -0.3 is 5.11 Å². The molecule has 0 saturated heterocycles. The number of aromatic carboxylic acids is 1. The van der Waals surface area contributed by atoms with Crippen LogP contribution in [0.3, 0.4) is 0 Å². The molecule has 1 heterocycles. The summed E-state index contributed by atoms with van der Waals surface area (Å²) >= 11 is 1.37. The van der Waals surface area contributed by atoms with Crippen LogP contribution >= 0.6 is 11.8 Å². The van der Waals surface area contributed by atoms with Crippen molar-refractivity contribution in [3.8, 4) is 0 Å². The van der Waals surface area contributed by atoms with Crippen LogP contribution in [0.15, 0.2) is 47.6 Å². The van der Waals surface area contributed by atoms with Crippen LogP contribution in [0.5, 0.6) is 0 Å². The summed E-state index contributed by atoms with van der Waals surface area (Å²) in [5.41, 5.74) is 0.581. The van der Waals surface area contributed by atoms with Gasteiger partial charge in [-0.2, -0.15) is 0 Å². The van der Waals surface area contributed by atoms with Gasteiger partial charge >= 0.3 is 5.97 Å². The van der Waals surface area contributed by atoms with Crippen molar-refractivity contribution in [3.63, 3.8) is 0 Å². The van der Waals surface area contributed by atoms with Crippen molar-refractivity contribution in [2.24, 2.45) is 0 Å². The molecule has 18 heavy (non-hydrogen) atoms. The summed E-state index contributed by atoms with van der Waals surface area (Å²) in [4.78, 5) is 15.1. The van der Waals surface area contributed by atoms with E-state index in [1.54, 1.807) is 12.3 Å². The number of halogens is 1. The van der Waals surface area contributed by atoms with Gasteiger partial charge in [-0.3, -0.25) is 0 Å². The van der Waals surface area contributed by atoms with Gasteiger partial charge in [0.15, 0.2) is 0 Å². The van der Waals surface area contributed by atoms with Crippen LogP contribution < -0.4 is 0 Å². The summed E-state index contributed by atoms with van der Waals surface area (Å²) in [5, 5.41) is 9.78. The van der Waals surface area contributed by atoms with E-state index in [-0.39, 0.29) is 5.56 Å². The normalized spacial score (nSPS) is 10.3. The molecule has 1 N–H and O–H groups in total. The first-order valence-electron chi connectivity index (χ1n) is 5.22. The van der Waals surface area contributed by atoms with Crippen LogP contribution in [0.1, 0.15) is 15.9 Å². The molecule has 3 nitrogen and oxygen atoms in total. The Morgan fingerprint density at radius 2 is 2.17 bits per heavy atom. The number of thioether (sulfide) groups is 1. The Morgan fingerprint density at radius 1 is 1.33 bits per heavy atom. The lowest BCUT2D eigenvalue weighted by atomic mass is 10.1. The van der Waals surface area contributed by atoms with Gasteiger partial charge in [0, 0.05) is 11.9 Å². The molecule has 2 aromatic rings. The molecule has 0 aliphatic carbocycles. The molecule has 0 amide bonds. The molecule has 2 rings (SSSR count). The maximum Gasteiger partial charge on any atom is 0.335 e. The van der Waals surface area contributed by atoms with Crippen LogP contribution in [0, 0.1) is 5.82 Å². The molecule has 5 heteroatoms. The van der Waals surface area contributed by atoms with Crippen molar-refractivity contribution in [3.05, 3.63) is 59.5 Å². The first kappa shape index (κ1) is 12.6. The molecule has 0 bridgehead atoms. The van der Waals surface area contributed by atoms with E-state index in [2.05, 4.69) is 4.98 Å². The van der Waals surface area contributed by atoms with Crippen molar-refractivity contribution in [1.82, 2.24) is 4.98 Å². The minimum Gasteiger partial charge on any atom is -0.478 e. The summed E-state index contributed by atoms with van der Waals surface area (Å²) in [6, 6.07) is 9.15. The molecule has 1 aromatic heterocycles.